The maximum atomic E-state index is 13.9. The first-order valence-electron chi connectivity index (χ1n) is 19.2. The van der Waals surface area contributed by atoms with Crippen LogP contribution in [0.1, 0.15) is 112 Å². The Morgan fingerprint density at radius 3 is 2.02 bits per heavy atom. The molecular formula is C39H67N7O8. The molecule has 2 unspecified atom stereocenters. The number of phenolic OH excluding ortho intramolecular Hbond substituents is 1. The Kier molecular flexibility index (Phi) is 21.2. The second-order valence-corrected chi connectivity index (χ2v) is 15.4. The van der Waals surface area contributed by atoms with Crippen molar-refractivity contribution in [2.45, 2.75) is 137 Å². The van der Waals surface area contributed by atoms with Gasteiger partial charge >= 0.3 is 6.03 Å². The second kappa shape index (κ2) is 24.1. The third-order valence-corrected chi connectivity index (χ3v) is 9.08. The first-order valence-corrected chi connectivity index (χ1v) is 19.2. The lowest BCUT2D eigenvalue weighted by Gasteiger charge is -2.32. The Morgan fingerprint density at radius 2 is 1.44 bits per heavy atom. The van der Waals surface area contributed by atoms with Crippen LogP contribution in [-0.2, 0) is 35.1 Å². The minimum atomic E-state index is -1.12. The average molecular weight is 762 g/mol. The van der Waals surface area contributed by atoms with Crippen LogP contribution in [0.4, 0.5) is 4.79 Å². The summed E-state index contributed by atoms with van der Waals surface area (Å²) >= 11 is 0. The average Bonchev–Trinajstić information content (AvgIpc) is 3.11. The standard InChI is InChI=1S/C39H67N7O8/c1-9-12-13-16-32(49)45-33(26(4)5)36(52)43-29(15-14-21-41-37(40)53)35(51)44-30(22-27-17-19-28(47)20-18-27)34(50)42-23-38(6,7)24-54-25-39(8,11-3)46-31(48)10-2/h17-20,26,29-30,33,47H,9-16,21-25H2,1-8H3,(H,42,50)(H,43,52)(H,44,51)(H,45,49)(H,46,48)(H3,40,41,53)/t29-,30?,33-,39?/m0/s1. The number of ether oxygens (including phenoxy) is 1. The van der Waals surface area contributed by atoms with Gasteiger partial charge in [-0.3, -0.25) is 24.0 Å². The van der Waals surface area contributed by atoms with E-state index in [9.17, 15) is 33.9 Å². The quantitative estimate of drug-likeness (QED) is 0.0653. The van der Waals surface area contributed by atoms with Crippen molar-refractivity contribution < 1.29 is 38.6 Å². The number of primary amides is 1. The lowest BCUT2D eigenvalue weighted by molar-refractivity contribution is -0.134. The summed E-state index contributed by atoms with van der Waals surface area (Å²) in [6, 6.07) is 2.43. The number of phenols is 1. The molecule has 0 spiro atoms. The Labute approximate surface area is 321 Å². The van der Waals surface area contributed by atoms with Crippen LogP contribution in [-0.4, -0.2) is 90.6 Å². The number of hydrogen-bond donors (Lipinski definition) is 8. The van der Waals surface area contributed by atoms with E-state index in [0.717, 1.165) is 12.8 Å². The van der Waals surface area contributed by atoms with Gasteiger partial charge in [0.05, 0.1) is 18.8 Å². The maximum absolute atomic E-state index is 13.9. The van der Waals surface area contributed by atoms with Crippen molar-refractivity contribution >= 4 is 35.6 Å². The Bertz CT molecular complexity index is 1350. The van der Waals surface area contributed by atoms with Crippen LogP contribution in [0.15, 0.2) is 24.3 Å². The first kappa shape index (κ1) is 47.6. The molecule has 1 rings (SSSR count). The van der Waals surface area contributed by atoms with E-state index in [2.05, 4.69) is 31.9 Å². The summed E-state index contributed by atoms with van der Waals surface area (Å²) in [7, 11) is 0. The SMILES string of the molecule is CCCCCC(=O)N[C@H](C(=O)N[C@@H](CCCNC(N)=O)C(=O)NC(Cc1ccc(O)cc1)C(=O)NCC(C)(C)COCC(C)(CC)NC(=O)CC)C(C)C. The van der Waals surface area contributed by atoms with E-state index < -0.39 is 52.8 Å². The van der Waals surface area contributed by atoms with Crippen molar-refractivity contribution in [3.8, 4) is 5.75 Å². The molecule has 0 aromatic heterocycles. The zero-order chi connectivity index (χ0) is 40.9. The summed E-state index contributed by atoms with van der Waals surface area (Å²) < 4.78 is 6.02. The predicted octanol–water partition coefficient (Wildman–Crippen LogP) is 2.93. The number of unbranched alkanes of at least 4 members (excludes halogenated alkanes) is 2. The normalized spacial score (nSPS) is 14.2. The Balaban J connectivity index is 3.19. The molecule has 15 heteroatoms. The molecule has 1 aromatic carbocycles. The van der Waals surface area contributed by atoms with Crippen LogP contribution in [0.2, 0.25) is 0 Å². The highest BCUT2D eigenvalue weighted by molar-refractivity contribution is 5.94. The van der Waals surface area contributed by atoms with E-state index in [1.807, 2.05) is 34.6 Å². The van der Waals surface area contributed by atoms with Gasteiger partial charge in [0, 0.05) is 37.8 Å². The van der Waals surface area contributed by atoms with Crippen molar-refractivity contribution in [1.29, 1.82) is 0 Å². The van der Waals surface area contributed by atoms with E-state index in [-0.39, 0.29) is 75.5 Å². The monoisotopic (exact) mass is 762 g/mol. The van der Waals surface area contributed by atoms with Gasteiger partial charge in [-0.15, -0.1) is 0 Å². The van der Waals surface area contributed by atoms with E-state index >= 15 is 0 Å². The third kappa shape index (κ3) is 19.1. The fourth-order valence-electron chi connectivity index (χ4n) is 5.42. The number of rotatable bonds is 26. The van der Waals surface area contributed by atoms with Crippen LogP contribution in [0.3, 0.4) is 0 Å². The summed E-state index contributed by atoms with van der Waals surface area (Å²) in [6.45, 7) is 16.1. The third-order valence-electron chi connectivity index (χ3n) is 9.08. The number of carbonyl (C=O) groups excluding carboxylic acids is 6. The molecule has 0 heterocycles. The van der Waals surface area contributed by atoms with E-state index in [1.165, 1.54) is 12.1 Å². The lowest BCUT2D eigenvalue weighted by atomic mass is 9.94. The van der Waals surface area contributed by atoms with E-state index in [1.54, 1.807) is 32.9 Å². The van der Waals surface area contributed by atoms with Gasteiger partial charge < -0.3 is 47.5 Å². The van der Waals surface area contributed by atoms with E-state index in [0.29, 0.717) is 24.8 Å². The summed E-state index contributed by atoms with van der Waals surface area (Å²) in [4.78, 5) is 77.2. The van der Waals surface area contributed by atoms with Crippen molar-refractivity contribution in [2.24, 2.45) is 17.1 Å². The molecule has 0 saturated carbocycles. The summed E-state index contributed by atoms with van der Waals surface area (Å²) in [6.07, 6.45) is 4.29. The van der Waals surface area contributed by atoms with Gasteiger partial charge in [0.1, 0.15) is 23.9 Å². The van der Waals surface area contributed by atoms with Crippen molar-refractivity contribution in [3.63, 3.8) is 0 Å². The Hall–Kier alpha value is -4.40. The highest BCUT2D eigenvalue weighted by Crippen LogP contribution is 2.18. The molecule has 0 aliphatic rings. The first-order chi connectivity index (χ1) is 25.3. The maximum Gasteiger partial charge on any atom is 0.312 e. The molecule has 306 valence electrons. The number of carbonyl (C=O) groups is 6. The van der Waals surface area contributed by atoms with Crippen LogP contribution >= 0.6 is 0 Å². The molecule has 0 radical (unpaired) electrons. The fourth-order valence-corrected chi connectivity index (χ4v) is 5.42. The highest BCUT2D eigenvalue weighted by Gasteiger charge is 2.32. The van der Waals surface area contributed by atoms with Gasteiger partial charge in [0.15, 0.2) is 0 Å². The topological polar surface area (TPSA) is 230 Å². The van der Waals surface area contributed by atoms with Gasteiger partial charge in [-0.1, -0.05) is 73.4 Å². The van der Waals surface area contributed by atoms with Crippen LogP contribution < -0.4 is 37.6 Å². The molecule has 0 fully saturated rings. The van der Waals surface area contributed by atoms with Crippen molar-refractivity contribution in [3.05, 3.63) is 29.8 Å². The molecule has 0 aliphatic carbocycles. The highest BCUT2D eigenvalue weighted by atomic mass is 16.5. The van der Waals surface area contributed by atoms with Crippen LogP contribution in [0, 0.1) is 11.3 Å². The molecule has 9 N–H and O–H groups in total. The lowest BCUT2D eigenvalue weighted by Crippen LogP contribution is -2.58. The zero-order valence-electron chi connectivity index (χ0n) is 33.7. The summed E-state index contributed by atoms with van der Waals surface area (Å²) in [5.41, 5.74) is 4.81. The predicted molar refractivity (Wildman–Crippen MR) is 208 cm³/mol. The van der Waals surface area contributed by atoms with Crippen LogP contribution in [0.5, 0.6) is 5.75 Å². The molecule has 0 bridgehead atoms. The van der Waals surface area contributed by atoms with E-state index in [4.69, 9.17) is 10.5 Å². The molecule has 7 amide bonds. The number of nitrogens with two attached hydrogens (primary N) is 1. The smallest absolute Gasteiger partial charge is 0.312 e. The summed E-state index contributed by atoms with van der Waals surface area (Å²) in [5, 5.41) is 26.6. The largest absolute Gasteiger partial charge is 0.508 e. The summed E-state index contributed by atoms with van der Waals surface area (Å²) in [5.74, 6) is -2.22. The number of amides is 7. The molecule has 0 aliphatic heterocycles. The molecular weight excluding hydrogens is 694 g/mol. The molecule has 4 atom stereocenters. The van der Waals surface area contributed by atoms with Crippen LogP contribution in [0.25, 0.3) is 0 Å². The molecule has 15 nitrogen and oxygen atoms in total. The minimum absolute atomic E-state index is 0.0449. The van der Waals surface area contributed by atoms with Crippen molar-refractivity contribution in [1.82, 2.24) is 31.9 Å². The second-order valence-electron chi connectivity index (χ2n) is 15.4. The number of nitrogens with one attached hydrogen (secondary N) is 6. The minimum Gasteiger partial charge on any atom is -0.508 e. The van der Waals surface area contributed by atoms with Gasteiger partial charge in [-0.05, 0) is 56.2 Å². The van der Waals surface area contributed by atoms with Crippen molar-refractivity contribution in [2.75, 3.05) is 26.3 Å². The van der Waals surface area contributed by atoms with Gasteiger partial charge in [0.25, 0.3) is 0 Å². The molecule has 1 aromatic rings. The van der Waals surface area contributed by atoms with Gasteiger partial charge in [-0.25, -0.2) is 4.79 Å². The number of urea groups is 1. The molecule has 54 heavy (non-hydrogen) atoms. The molecule has 0 saturated heterocycles. The number of hydrogen-bond acceptors (Lipinski definition) is 8. The number of aromatic hydroxyl groups is 1. The van der Waals surface area contributed by atoms with Gasteiger partial charge in [0.2, 0.25) is 29.5 Å². The zero-order valence-corrected chi connectivity index (χ0v) is 33.7. The Morgan fingerprint density at radius 1 is 0.796 bits per heavy atom. The van der Waals surface area contributed by atoms with Gasteiger partial charge in [-0.2, -0.15) is 0 Å². The number of benzene rings is 1. The fraction of sp³-hybridized carbons (Fsp3) is 0.692.